The molecule has 1 atom stereocenters. The lowest BCUT2D eigenvalue weighted by Crippen LogP contribution is -2.31. The zero-order chi connectivity index (χ0) is 26.2. The highest BCUT2D eigenvalue weighted by atomic mass is 35.5. The van der Waals surface area contributed by atoms with Gasteiger partial charge in [-0.25, -0.2) is 8.42 Å². The van der Waals surface area contributed by atoms with Gasteiger partial charge in [0, 0.05) is 18.3 Å². The number of para-hydroxylation sites is 1. The highest BCUT2D eigenvalue weighted by Crippen LogP contribution is 2.45. The first-order valence-corrected chi connectivity index (χ1v) is 13.6. The van der Waals surface area contributed by atoms with Gasteiger partial charge in [0.15, 0.2) is 0 Å². The summed E-state index contributed by atoms with van der Waals surface area (Å²) in [6, 6.07) is 12.6. The van der Waals surface area contributed by atoms with Gasteiger partial charge in [-0.05, 0) is 63.6 Å². The van der Waals surface area contributed by atoms with Crippen LogP contribution in [0.4, 0.5) is 17.1 Å². The van der Waals surface area contributed by atoms with Crippen LogP contribution in [0.3, 0.4) is 0 Å². The number of anilines is 3. The molecule has 0 N–H and O–H groups in total. The van der Waals surface area contributed by atoms with Crippen LogP contribution in [-0.4, -0.2) is 42.9 Å². The second-order valence-corrected chi connectivity index (χ2v) is 11.1. The number of benzene rings is 2. The van der Waals surface area contributed by atoms with E-state index in [1.807, 2.05) is 47.1 Å². The van der Waals surface area contributed by atoms with Crippen molar-refractivity contribution in [3.05, 3.63) is 76.1 Å². The number of nitrogens with zero attached hydrogens (tertiary/aromatic N) is 4. The lowest BCUT2D eigenvalue weighted by atomic mass is 10.1. The Hall–Kier alpha value is -2.85. The summed E-state index contributed by atoms with van der Waals surface area (Å²) in [4.78, 5) is 17.0. The predicted octanol–water partition coefficient (Wildman–Crippen LogP) is 5.15. The van der Waals surface area contributed by atoms with E-state index < -0.39 is 15.4 Å². The van der Waals surface area contributed by atoms with Crippen LogP contribution in [0.15, 0.2) is 71.1 Å². The van der Waals surface area contributed by atoms with Crippen LogP contribution in [-0.2, 0) is 14.9 Å². The third kappa shape index (κ3) is 5.01. The van der Waals surface area contributed by atoms with Crippen molar-refractivity contribution in [3.63, 3.8) is 0 Å². The molecule has 1 unspecified atom stereocenters. The van der Waals surface area contributed by atoms with E-state index in [2.05, 4.69) is 5.10 Å². The van der Waals surface area contributed by atoms with Crippen LogP contribution in [0, 0.1) is 0 Å². The number of allylic oxidation sites excluding steroid dienone is 2. The third-order valence-corrected chi connectivity index (χ3v) is 8.13. The monoisotopic (exact) mass is 547 g/mol. The van der Waals surface area contributed by atoms with Crippen LogP contribution in [0.1, 0.15) is 27.2 Å². The van der Waals surface area contributed by atoms with E-state index >= 15 is 0 Å². The van der Waals surface area contributed by atoms with E-state index in [1.165, 1.54) is 11.9 Å². The second-order valence-electron chi connectivity index (χ2n) is 8.49. The number of fused-ring (bicyclic) bond motifs is 1. The summed E-state index contributed by atoms with van der Waals surface area (Å²) >= 11 is 12.6. The van der Waals surface area contributed by atoms with Gasteiger partial charge in [-0.3, -0.25) is 4.79 Å². The van der Waals surface area contributed by atoms with Crippen molar-refractivity contribution in [2.24, 2.45) is 5.10 Å². The fraction of sp³-hybridized carbons (Fsp3) is 0.280. The summed E-state index contributed by atoms with van der Waals surface area (Å²) < 4.78 is 34.5. The van der Waals surface area contributed by atoms with Crippen LogP contribution in [0.5, 0.6) is 0 Å². The third-order valence-electron chi connectivity index (χ3n) is 6.18. The smallest absolute Gasteiger partial charge is 0.280 e. The normalized spacial score (nSPS) is 18.9. The molecule has 0 saturated heterocycles. The van der Waals surface area contributed by atoms with Gasteiger partial charge >= 0.3 is 0 Å². The van der Waals surface area contributed by atoms with Gasteiger partial charge in [0.2, 0.25) is 0 Å². The Kier molecular flexibility index (Phi) is 7.47. The van der Waals surface area contributed by atoms with Gasteiger partial charge < -0.3 is 14.4 Å². The van der Waals surface area contributed by atoms with E-state index in [1.54, 1.807) is 31.2 Å². The highest BCUT2D eigenvalue weighted by Gasteiger charge is 2.33. The number of rotatable bonds is 7. The topological polar surface area (TPSA) is 96.4 Å². The van der Waals surface area contributed by atoms with E-state index in [-0.39, 0.29) is 18.9 Å². The van der Waals surface area contributed by atoms with Gasteiger partial charge in [-0.1, -0.05) is 41.4 Å². The van der Waals surface area contributed by atoms with Crippen LogP contribution in [0.2, 0.25) is 10.0 Å². The molecule has 2 aliphatic heterocycles. The van der Waals surface area contributed by atoms with Crippen molar-refractivity contribution in [2.75, 3.05) is 27.9 Å². The number of carbonyl (C=O) groups is 1. The summed E-state index contributed by atoms with van der Waals surface area (Å²) in [7, 11) is -4.43. The first kappa shape index (κ1) is 26.2. The molecule has 0 fully saturated rings. The number of hydrogen-bond donors (Lipinski definition) is 0. The average Bonchev–Trinajstić information content (AvgIpc) is 3.28. The van der Waals surface area contributed by atoms with E-state index in [0.29, 0.717) is 39.4 Å². The molecular weight excluding hydrogens is 523 g/mol. The maximum absolute atomic E-state index is 13.1. The molecule has 2 aliphatic rings. The zero-order valence-corrected chi connectivity index (χ0v) is 22.3. The Labute approximate surface area is 220 Å². The summed E-state index contributed by atoms with van der Waals surface area (Å²) in [6.07, 6.45) is 3.61. The molecule has 0 saturated carbocycles. The van der Waals surface area contributed by atoms with Crippen LogP contribution < -0.4 is 14.8 Å². The second kappa shape index (κ2) is 10.3. The van der Waals surface area contributed by atoms with Gasteiger partial charge in [0.1, 0.15) is 5.82 Å². The predicted molar refractivity (Wildman–Crippen MR) is 144 cm³/mol. The minimum atomic E-state index is -4.43. The Morgan fingerprint density at radius 3 is 2.25 bits per heavy atom. The molecular formula is C25H25Cl2N4O4S-. The van der Waals surface area contributed by atoms with Crippen LogP contribution >= 0.6 is 23.2 Å². The fourth-order valence-corrected chi connectivity index (χ4v) is 4.88. The molecule has 0 spiro atoms. The minimum absolute atomic E-state index is 0.109. The molecule has 0 radical (unpaired) electrons. The Bertz CT molecular complexity index is 1390. The molecule has 8 nitrogen and oxygen atoms in total. The standard InChI is InChI=1S/C25H26Cl2N4O4S/c1-4-29-22-14-20(26)21(27)15-23(22)30(13-12-16(2)36(33,34)35)24(29)11-10-19-17(3)28-31(25(19)32)18-8-6-5-7-9-18/h5-11,14-16H,4,12-13H2,1-3H3,(H,33,34,35)/p-1/b19-10+,24-11+. The minimum Gasteiger partial charge on any atom is -0.748 e. The van der Waals surface area contributed by atoms with Crippen molar-refractivity contribution >= 4 is 62.0 Å². The van der Waals surface area contributed by atoms with Crippen molar-refractivity contribution in [2.45, 2.75) is 32.4 Å². The van der Waals surface area contributed by atoms with E-state index in [4.69, 9.17) is 23.2 Å². The number of hydrogen-bond acceptors (Lipinski definition) is 7. The van der Waals surface area contributed by atoms with Crippen molar-refractivity contribution < 1.29 is 17.8 Å². The Morgan fingerprint density at radius 2 is 1.67 bits per heavy atom. The summed E-state index contributed by atoms with van der Waals surface area (Å²) in [5.74, 6) is 0.449. The molecule has 2 aromatic rings. The highest BCUT2D eigenvalue weighted by molar-refractivity contribution is 7.86. The first-order chi connectivity index (χ1) is 17.0. The first-order valence-electron chi connectivity index (χ1n) is 11.4. The number of carbonyl (C=O) groups excluding carboxylic acids is 1. The largest absolute Gasteiger partial charge is 0.748 e. The number of amides is 1. The Balaban J connectivity index is 1.73. The SMILES string of the molecule is CCN1/C(=C\C=C2\C(=O)N(c3ccccc3)N=C2C)N(CCC(C)S(=O)(=O)[O-])c2cc(Cl)c(Cl)cc21. The van der Waals surface area contributed by atoms with Gasteiger partial charge in [0.05, 0.1) is 48.5 Å². The molecule has 2 heterocycles. The van der Waals surface area contributed by atoms with Gasteiger partial charge in [0.25, 0.3) is 5.91 Å². The lowest BCUT2D eigenvalue weighted by molar-refractivity contribution is -0.114. The Morgan fingerprint density at radius 1 is 1.06 bits per heavy atom. The molecule has 36 heavy (non-hydrogen) atoms. The molecule has 11 heteroatoms. The molecule has 0 bridgehead atoms. The maximum atomic E-state index is 13.1. The number of halogens is 2. The van der Waals surface area contributed by atoms with Crippen molar-refractivity contribution in [1.82, 2.24) is 0 Å². The molecule has 190 valence electrons. The van der Waals surface area contributed by atoms with Gasteiger partial charge in [-0.2, -0.15) is 10.1 Å². The van der Waals surface area contributed by atoms with Gasteiger partial charge in [-0.15, -0.1) is 0 Å². The zero-order valence-electron chi connectivity index (χ0n) is 20.0. The fourth-order valence-electron chi connectivity index (χ4n) is 4.17. The lowest BCUT2D eigenvalue weighted by Gasteiger charge is -2.26. The summed E-state index contributed by atoms with van der Waals surface area (Å²) in [5, 5.41) is 5.45. The summed E-state index contributed by atoms with van der Waals surface area (Å²) in [6.45, 7) is 5.95. The molecule has 4 rings (SSSR count). The van der Waals surface area contributed by atoms with Crippen molar-refractivity contribution in [1.29, 1.82) is 0 Å². The molecule has 2 aromatic carbocycles. The van der Waals surface area contributed by atoms with Crippen LogP contribution in [0.25, 0.3) is 0 Å². The summed E-state index contributed by atoms with van der Waals surface area (Å²) in [5.41, 5.74) is 3.21. The average molecular weight is 548 g/mol. The quantitative estimate of drug-likeness (QED) is 0.351. The molecule has 0 aromatic heterocycles. The van der Waals surface area contributed by atoms with Crippen molar-refractivity contribution in [3.8, 4) is 0 Å². The van der Waals surface area contributed by atoms with E-state index in [0.717, 1.165) is 11.4 Å². The maximum Gasteiger partial charge on any atom is 0.280 e. The number of hydrazone groups is 1. The van der Waals surface area contributed by atoms with E-state index in [9.17, 15) is 17.8 Å². The molecule has 1 amide bonds. The molecule has 0 aliphatic carbocycles.